The van der Waals surface area contributed by atoms with Crippen molar-refractivity contribution in [2.45, 2.75) is 32.5 Å². The van der Waals surface area contributed by atoms with Gasteiger partial charge in [0, 0.05) is 26.7 Å². The second kappa shape index (κ2) is 9.22. The molecule has 1 aliphatic rings. The zero-order valence-electron chi connectivity index (χ0n) is 17.1. The third-order valence-corrected chi connectivity index (χ3v) is 5.25. The summed E-state index contributed by atoms with van der Waals surface area (Å²) >= 11 is 0. The first-order valence-electron chi connectivity index (χ1n) is 10.3. The summed E-state index contributed by atoms with van der Waals surface area (Å²) in [6, 6.07) is 16.5. The van der Waals surface area contributed by atoms with Crippen LogP contribution in [0.1, 0.15) is 40.3 Å². The minimum absolute atomic E-state index is 0.173. The third-order valence-electron chi connectivity index (χ3n) is 5.25. The van der Waals surface area contributed by atoms with E-state index < -0.39 is 0 Å². The van der Waals surface area contributed by atoms with E-state index in [4.69, 9.17) is 4.42 Å². The fourth-order valence-corrected chi connectivity index (χ4v) is 3.54. The molecule has 0 aliphatic heterocycles. The zero-order valence-corrected chi connectivity index (χ0v) is 17.1. The van der Waals surface area contributed by atoms with E-state index in [-0.39, 0.29) is 11.7 Å². The van der Waals surface area contributed by atoms with Gasteiger partial charge >= 0.3 is 0 Å². The quantitative estimate of drug-likeness (QED) is 0.524. The summed E-state index contributed by atoms with van der Waals surface area (Å²) in [6.45, 7) is 2.53. The number of carbonyl (C=O) groups is 1. The third kappa shape index (κ3) is 5.54. The predicted octanol–water partition coefficient (Wildman–Crippen LogP) is 4.50. The summed E-state index contributed by atoms with van der Waals surface area (Å²) in [7, 11) is 1.76. The fourth-order valence-electron chi connectivity index (χ4n) is 3.54. The van der Waals surface area contributed by atoms with Crippen LogP contribution in [0.25, 0.3) is 0 Å². The van der Waals surface area contributed by atoms with Crippen LogP contribution in [0.2, 0.25) is 0 Å². The molecule has 156 valence electrons. The number of nitrogens with zero attached hydrogens (tertiary/aromatic N) is 3. The molecule has 0 spiro atoms. The van der Waals surface area contributed by atoms with Gasteiger partial charge in [-0.3, -0.25) is 9.69 Å². The molecular weight excluding hydrogens is 381 g/mol. The van der Waals surface area contributed by atoms with Gasteiger partial charge in [0.05, 0.1) is 6.54 Å². The maximum Gasteiger partial charge on any atom is 0.275 e. The Hall–Kier alpha value is -2.99. The van der Waals surface area contributed by atoms with Gasteiger partial charge in [-0.15, -0.1) is 0 Å². The molecule has 1 heterocycles. The van der Waals surface area contributed by atoms with Crippen molar-refractivity contribution in [1.29, 1.82) is 0 Å². The highest BCUT2D eigenvalue weighted by Crippen LogP contribution is 2.30. The van der Waals surface area contributed by atoms with Crippen LogP contribution in [0.5, 0.6) is 0 Å². The smallest absolute Gasteiger partial charge is 0.275 e. The largest absolute Gasteiger partial charge is 0.447 e. The summed E-state index contributed by atoms with van der Waals surface area (Å²) in [5.74, 6) is 0.771. The summed E-state index contributed by atoms with van der Waals surface area (Å²) in [5.41, 5.74) is 2.28. The number of benzene rings is 2. The van der Waals surface area contributed by atoms with Crippen molar-refractivity contribution in [1.82, 2.24) is 14.8 Å². The van der Waals surface area contributed by atoms with E-state index in [0.717, 1.165) is 17.7 Å². The zero-order chi connectivity index (χ0) is 20.9. The van der Waals surface area contributed by atoms with Gasteiger partial charge in [0.15, 0.2) is 5.69 Å². The molecule has 0 saturated heterocycles. The van der Waals surface area contributed by atoms with Gasteiger partial charge in [0.1, 0.15) is 12.1 Å². The normalized spacial score (nSPS) is 13.6. The van der Waals surface area contributed by atoms with Crippen LogP contribution < -0.4 is 0 Å². The van der Waals surface area contributed by atoms with E-state index in [9.17, 15) is 9.18 Å². The van der Waals surface area contributed by atoms with Crippen molar-refractivity contribution >= 4 is 5.91 Å². The molecule has 0 atom stereocenters. The molecule has 0 bridgehead atoms. The number of carbonyl (C=O) groups excluding carboxylic acids is 1. The van der Waals surface area contributed by atoms with Crippen molar-refractivity contribution < 1.29 is 13.6 Å². The lowest BCUT2D eigenvalue weighted by atomic mass is 10.2. The molecule has 0 N–H and O–H groups in total. The lowest BCUT2D eigenvalue weighted by molar-refractivity contribution is 0.0779. The minimum atomic E-state index is -0.232. The van der Waals surface area contributed by atoms with E-state index in [2.05, 4.69) is 9.88 Å². The molecule has 0 unspecified atom stereocenters. The van der Waals surface area contributed by atoms with E-state index >= 15 is 0 Å². The number of oxazole rings is 1. The fraction of sp³-hybridized carbons (Fsp3) is 0.333. The van der Waals surface area contributed by atoms with Crippen LogP contribution >= 0.6 is 0 Å². The Morgan fingerprint density at radius 3 is 2.57 bits per heavy atom. The molecule has 30 heavy (non-hydrogen) atoms. The number of halogens is 1. The number of amides is 1. The SMILES string of the molecule is CN(Cc1ccccc1)C(=O)c1coc(CN(Cc2cccc(F)c2)CC2CC2)n1. The Labute approximate surface area is 176 Å². The first kappa shape index (κ1) is 20.3. The van der Waals surface area contributed by atoms with Crippen molar-refractivity contribution in [3.63, 3.8) is 0 Å². The van der Waals surface area contributed by atoms with Crippen molar-refractivity contribution in [3.8, 4) is 0 Å². The predicted molar refractivity (Wildman–Crippen MR) is 112 cm³/mol. The topological polar surface area (TPSA) is 49.6 Å². The Balaban J connectivity index is 1.40. The lowest BCUT2D eigenvalue weighted by Gasteiger charge is -2.20. The molecule has 2 aromatic carbocycles. The average Bonchev–Trinajstić information content (AvgIpc) is 3.43. The first-order chi connectivity index (χ1) is 14.6. The first-order valence-corrected chi connectivity index (χ1v) is 10.3. The Bertz CT molecular complexity index is 985. The molecule has 1 saturated carbocycles. The Morgan fingerprint density at radius 1 is 1.07 bits per heavy atom. The van der Waals surface area contributed by atoms with Crippen molar-refractivity contribution in [2.24, 2.45) is 5.92 Å². The van der Waals surface area contributed by atoms with Gasteiger partial charge in [0.2, 0.25) is 5.89 Å². The van der Waals surface area contributed by atoms with Gasteiger partial charge in [-0.25, -0.2) is 9.37 Å². The Morgan fingerprint density at radius 2 is 1.83 bits per heavy atom. The van der Waals surface area contributed by atoms with Gasteiger partial charge in [-0.05, 0) is 42.0 Å². The second-order valence-electron chi connectivity index (χ2n) is 8.02. The summed E-state index contributed by atoms with van der Waals surface area (Å²) in [6.07, 6.45) is 3.87. The van der Waals surface area contributed by atoms with Crippen LogP contribution in [0, 0.1) is 11.7 Å². The molecule has 6 heteroatoms. The molecule has 4 rings (SSSR count). The van der Waals surface area contributed by atoms with E-state index in [1.807, 2.05) is 36.4 Å². The molecule has 0 radical (unpaired) electrons. The van der Waals surface area contributed by atoms with E-state index in [1.165, 1.54) is 25.2 Å². The van der Waals surface area contributed by atoms with Crippen LogP contribution in [0.15, 0.2) is 65.3 Å². The molecule has 1 fully saturated rings. The molecule has 1 amide bonds. The highest BCUT2D eigenvalue weighted by atomic mass is 19.1. The molecule has 1 aliphatic carbocycles. The molecule has 1 aromatic heterocycles. The summed E-state index contributed by atoms with van der Waals surface area (Å²) in [4.78, 5) is 21.0. The summed E-state index contributed by atoms with van der Waals surface area (Å²) in [5, 5.41) is 0. The maximum atomic E-state index is 13.6. The van der Waals surface area contributed by atoms with Crippen LogP contribution in [0.3, 0.4) is 0 Å². The van der Waals surface area contributed by atoms with Crippen molar-refractivity contribution in [3.05, 3.63) is 89.4 Å². The van der Waals surface area contributed by atoms with Gasteiger partial charge in [-0.1, -0.05) is 42.5 Å². The average molecular weight is 407 g/mol. The van der Waals surface area contributed by atoms with Crippen molar-refractivity contribution in [2.75, 3.05) is 13.6 Å². The number of rotatable bonds is 9. The molecular formula is C24H26FN3O2. The number of hydrogen-bond acceptors (Lipinski definition) is 4. The minimum Gasteiger partial charge on any atom is -0.447 e. The Kier molecular flexibility index (Phi) is 6.23. The summed E-state index contributed by atoms with van der Waals surface area (Å²) < 4.78 is 19.2. The van der Waals surface area contributed by atoms with Gasteiger partial charge in [-0.2, -0.15) is 0 Å². The van der Waals surface area contributed by atoms with Gasteiger partial charge < -0.3 is 9.32 Å². The number of aromatic nitrogens is 1. The van der Waals surface area contributed by atoms with E-state index in [0.29, 0.717) is 37.1 Å². The van der Waals surface area contributed by atoms with Crippen LogP contribution in [-0.2, 0) is 19.6 Å². The monoisotopic (exact) mass is 407 g/mol. The number of hydrogen-bond donors (Lipinski definition) is 0. The standard InChI is InChI=1S/C24H26FN3O2/c1-27(13-18-6-3-2-4-7-18)24(29)22-17-30-23(26-22)16-28(14-19-10-11-19)15-20-8-5-9-21(25)12-20/h2-9,12,17,19H,10-11,13-16H2,1H3. The van der Waals surface area contributed by atoms with E-state index in [1.54, 1.807) is 24.1 Å². The van der Waals surface area contributed by atoms with Gasteiger partial charge in [0.25, 0.3) is 5.91 Å². The lowest BCUT2D eigenvalue weighted by Crippen LogP contribution is -2.27. The molecule has 5 nitrogen and oxygen atoms in total. The van der Waals surface area contributed by atoms with Crippen LogP contribution in [0.4, 0.5) is 4.39 Å². The highest BCUT2D eigenvalue weighted by molar-refractivity contribution is 5.91. The maximum absolute atomic E-state index is 13.6. The van der Waals surface area contributed by atoms with Crippen LogP contribution in [-0.4, -0.2) is 34.3 Å². The molecule has 3 aromatic rings. The second-order valence-corrected chi connectivity index (χ2v) is 8.02. The highest BCUT2D eigenvalue weighted by Gasteiger charge is 2.26.